The summed E-state index contributed by atoms with van der Waals surface area (Å²) < 4.78 is 0. The van der Waals surface area contributed by atoms with Crippen molar-refractivity contribution in [3.05, 3.63) is 0 Å². The van der Waals surface area contributed by atoms with E-state index in [1.165, 1.54) is 19.3 Å². The highest BCUT2D eigenvalue weighted by Gasteiger charge is 2.61. The van der Waals surface area contributed by atoms with Crippen LogP contribution in [0.2, 0.25) is 0 Å². The van der Waals surface area contributed by atoms with E-state index in [9.17, 15) is 15.3 Å². The predicted octanol–water partition coefficient (Wildman–Crippen LogP) is 2.72. The first kappa shape index (κ1) is 15.4. The molecule has 9 atom stereocenters. The first-order chi connectivity index (χ1) is 10.4. The zero-order valence-corrected chi connectivity index (χ0v) is 14.0. The molecule has 0 aromatic heterocycles. The van der Waals surface area contributed by atoms with Crippen LogP contribution in [0.1, 0.15) is 65.2 Å². The van der Waals surface area contributed by atoms with Gasteiger partial charge in [-0.3, -0.25) is 0 Å². The summed E-state index contributed by atoms with van der Waals surface area (Å²) in [6.45, 7) is 4.69. The maximum absolute atomic E-state index is 10.5. The lowest BCUT2D eigenvalue weighted by Crippen LogP contribution is -2.54. The van der Waals surface area contributed by atoms with Crippen LogP contribution in [0.15, 0.2) is 0 Å². The van der Waals surface area contributed by atoms with Gasteiger partial charge in [0.25, 0.3) is 0 Å². The monoisotopic (exact) mass is 308 g/mol. The molecular weight excluding hydrogens is 276 g/mol. The molecule has 3 heteroatoms. The smallest absolute Gasteiger partial charge is 0.0855 e. The Labute approximate surface area is 134 Å². The summed E-state index contributed by atoms with van der Waals surface area (Å²) in [5.41, 5.74) is 0.305. The maximum Gasteiger partial charge on any atom is 0.0855 e. The molecule has 0 aliphatic heterocycles. The van der Waals surface area contributed by atoms with E-state index in [4.69, 9.17) is 0 Å². The second-order valence-corrected chi connectivity index (χ2v) is 9.38. The fourth-order valence-electron chi connectivity index (χ4n) is 7.22. The number of aliphatic hydroxyl groups excluding tert-OH is 3. The average molecular weight is 308 g/mol. The Morgan fingerprint density at radius 1 is 0.773 bits per heavy atom. The van der Waals surface area contributed by atoms with Crippen LogP contribution in [0.25, 0.3) is 0 Å². The molecule has 3 N–H and O–H groups in total. The summed E-state index contributed by atoms with van der Waals surface area (Å²) in [6.07, 6.45) is 7.49. The van der Waals surface area contributed by atoms with E-state index in [1.807, 2.05) is 0 Å². The average Bonchev–Trinajstić information content (AvgIpc) is 2.72. The SMILES string of the molecule is C[C@]12CC[C@@H](O)C[C@@H]1CC[C@@H]1[C@H]2CC[C@@]2(C)[C@@H]1C[C@H](O)[C@@H]2O. The fraction of sp³-hybridized carbons (Fsp3) is 1.00. The molecule has 4 saturated carbocycles. The van der Waals surface area contributed by atoms with Gasteiger partial charge in [-0.15, -0.1) is 0 Å². The molecule has 22 heavy (non-hydrogen) atoms. The minimum Gasteiger partial charge on any atom is -0.393 e. The molecule has 0 saturated heterocycles. The van der Waals surface area contributed by atoms with E-state index >= 15 is 0 Å². The van der Waals surface area contributed by atoms with Crippen molar-refractivity contribution in [1.29, 1.82) is 0 Å². The van der Waals surface area contributed by atoms with Gasteiger partial charge >= 0.3 is 0 Å². The first-order valence-electron chi connectivity index (χ1n) is 9.40. The molecule has 4 aliphatic carbocycles. The largest absolute Gasteiger partial charge is 0.393 e. The third kappa shape index (κ3) is 1.91. The van der Waals surface area contributed by atoms with Crippen molar-refractivity contribution < 1.29 is 15.3 Å². The van der Waals surface area contributed by atoms with E-state index < -0.39 is 12.2 Å². The molecule has 0 amide bonds. The molecule has 0 heterocycles. The second kappa shape index (κ2) is 4.94. The van der Waals surface area contributed by atoms with Crippen molar-refractivity contribution in [3.63, 3.8) is 0 Å². The van der Waals surface area contributed by atoms with Gasteiger partial charge in [-0.1, -0.05) is 13.8 Å². The molecular formula is C19H32O3. The lowest BCUT2D eigenvalue weighted by molar-refractivity contribution is -0.135. The molecule has 0 radical (unpaired) electrons. The zero-order valence-electron chi connectivity index (χ0n) is 14.0. The van der Waals surface area contributed by atoms with E-state index in [-0.39, 0.29) is 11.5 Å². The van der Waals surface area contributed by atoms with Gasteiger partial charge in [-0.25, -0.2) is 0 Å². The predicted molar refractivity (Wildman–Crippen MR) is 85.1 cm³/mol. The minimum atomic E-state index is -0.530. The Morgan fingerprint density at radius 3 is 2.27 bits per heavy atom. The summed E-state index contributed by atoms with van der Waals surface area (Å²) in [5.74, 6) is 2.57. The van der Waals surface area contributed by atoms with Crippen LogP contribution in [0.3, 0.4) is 0 Å². The van der Waals surface area contributed by atoms with Crippen molar-refractivity contribution >= 4 is 0 Å². The molecule has 4 fully saturated rings. The Hall–Kier alpha value is -0.120. The Kier molecular flexibility index (Phi) is 3.46. The summed E-state index contributed by atoms with van der Waals surface area (Å²) in [5, 5.41) is 30.8. The Morgan fingerprint density at radius 2 is 1.50 bits per heavy atom. The maximum atomic E-state index is 10.5. The van der Waals surface area contributed by atoms with Gasteiger partial charge in [0, 0.05) is 0 Å². The van der Waals surface area contributed by atoms with Crippen molar-refractivity contribution in [2.75, 3.05) is 0 Å². The standard InChI is InChI=1S/C19H32O3/c1-18-7-5-12(20)9-11(18)3-4-13-14(18)6-8-19(2)15(13)10-16(21)17(19)22/h11-17,20-22H,3-10H2,1-2H3/t11-,12+,13+,14+,15+,16-,17-,18-,19-/m0/s1. The molecule has 0 unspecified atom stereocenters. The lowest BCUT2D eigenvalue weighted by Gasteiger charge is -2.60. The molecule has 4 aliphatic rings. The summed E-state index contributed by atoms with van der Waals surface area (Å²) in [4.78, 5) is 0. The van der Waals surface area contributed by atoms with Gasteiger partial charge in [0.15, 0.2) is 0 Å². The van der Waals surface area contributed by atoms with Gasteiger partial charge in [0.1, 0.15) is 0 Å². The van der Waals surface area contributed by atoms with Gasteiger partial charge in [0.2, 0.25) is 0 Å². The Bertz CT molecular complexity index is 452. The van der Waals surface area contributed by atoms with Gasteiger partial charge in [0.05, 0.1) is 18.3 Å². The highest BCUT2D eigenvalue weighted by molar-refractivity contribution is 5.11. The number of hydrogen-bond donors (Lipinski definition) is 3. The zero-order chi connectivity index (χ0) is 15.7. The van der Waals surface area contributed by atoms with Gasteiger partial charge in [-0.05, 0) is 85.9 Å². The first-order valence-corrected chi connectivity index (χ1v) is 9.40. The highest BCUT2D eigenvalue weighted by atomic mass is 16.3. The number of fused-ring (bicyclic) bond motifs is 5. The quantitative estimate of drug-likeness (QED) is 0.645. The molecule has 3 nitrogen and oxygen atoms in total. The van der Waals surface area contributed by atoms with Crippen LogP contribution in [-0.4, -0.2) is 33.6 Å². The molecule has 126 valence electrons. The minimum absolute atomic E-state index is 0.0715. The lowest BCUT2D eigenvalue weighted by atomic mass is 9.45. The molecule has 0 spiro atoms. The van der Waals surface area contributed by atoms with Crippen molar-refractivity contribution in [1.82, 2.24) is 0 Å². The van der Waals surface area contributed by atoms with Crippen LogP contribution in [0.5, 0.6) is 0 Å². The van der Waals surface area contributed by atoms with Crippen LogP contribution < -0.4 is 0 Å². The highest BCUT2D eigenvalue weighted by Crippen LogP contribution is 2.66. The number of rotatable bonds is 0. The summed E-state index contributed by atoms with van der Waals surface area (Å²) in [6, 6.07) is 0. The summed E-state index contributed by atoms with van der Waals surface area (Å²) in [7, 11) is 0. The van der Waals surface area contributed by atoms with Crippen molar-refractivity contribution in [3.8, 4) is 0 Å². The van der Waals surface area contributed by atoms with E-state index in [2.05, 4.69) is 13.8 Å². The molecule has 4 rings (SSSR count). The van der Waals surface area contributed by atoms with Crippen LogP contribution in [0, 0.1) is 34.5 Å². The molecule has 0 aromatic rings. The van der Waals surface area contributed by atoms with Crippen molar-refractivity contribution in [2.45, 2.75) is 83.5 Å². The normalized spacial score (nSPS) is 61.2. The van der Waals surface area contributed by atoms with Crippen molar-refractivity contribution in [2.24, 2.45) is 34.5 Å². The molecule has 0 bridgehead atoms. The fourth-order valence-corrected chi connectivity index (χ4v) is 7.22. The van der Waals surface area contributed by atoms with Crippen LogP contribution in [0.4, 0.5) is 0 Å². The summed E-state index contributed by atoms with van der Waals surface area (Å²) >= 11 is 0. The third-order valence-corrected chi connectivity index (χ3v) is 8.61. The third-order valence-electron chi connectivity index (χ3n) is 8.61. The Balaban J connectivity index is 1.63. The van der Waals surface area contributed by atoms with E-state index in [0.29, 0.717) is 23.2 Å². The van der Waals surface area contributed by atoms with Gasteiger partial charge in [-0.2, -0.15) is 0 Å². The van der Waals surface area contributed by atoms with Crippen LogP contribution in [-0.2, 0) is 0 Å². The van der Waals surface area contributed by atoms with E-state index in [1.54, 1.807) is 0 Å². The second-order valence-electron chi connectivity index (χ2n) is 9.38. The van der Waals surface area contributed by atoms with Gasteiger partial charge < -0.3 is 15.3 Å². The molecule has 0 aromatic carbocycles. The van der Waals surface area contributed by atoms with E-state index in [0.717, 1.165) is 38.0 Å². The number of aliphatic hydroxyl groups is 3. The van der Waals surface area contributed by atoms with Crippen LogP contribution >= 0.6 is 0 Å². The number of hydrogen-bond acceptors (Lipinski definition) is 3. The topological polar surface area (TPSA) is 60.7 Å².